The van der Waals surface area contributed by atoms with E-state index in [0.29, 0.717) is 42.6 Å². The summed E-state index contributed by atoms with van der Waals surface area (Å²) in [5.74, 6) is 0.391. The zero-order valence-corrected chi connectivity index (χ0v) is 18.4. The largest absolute Gasteiger partial charge is 0.495 e. The SMILES string of the molecule is CCn1ncc2c(NC3CCOCC3)c(C(=O)NCc3ccc(OC)c(Cl)c3)cnc21. The van der Waals surface area contributed by atoms with Crippen LogP contribution in [-0.4, -0.2) is 47.0 Å². The molecule has 2 N–H and O–H groups in total. The number of ether oxygens (including phenoxy) is 2. The van der Waals surface area contributed by atoms with E-state index < -0.39 is 0 Å². The molecule has 4 rings (SSSR count). The van der Waals surface area contributed by atoms with Crippen LogP contribution in [0.4, 0.5) is 5.69 Å². The topological polar surface area (TPSA) is 90.3 Å². The van der Waals surface area contributed by atoms with E-state index in [2.05, 4.69) is 20.7 Å². The number of amides is 1. The Hall–Kier alpha value is -2.84. The lowest BCUT2D eigenvalue weighted by Gasteiger charge is -2.25. The molecule has 9 heteroatoms. The van der Waals surface area contributed by atoms with E-state index in [0.717, 1.165) is 35.1 Å². The fourth-order valence-electron chi connectivity index (χ4n) is 3.73. The highest BCUT2D eigenvalue weighted by Gasteiger charge is 2.22. The van der Waals surface area contributed by atoms with Crippen LogP contribution >= 0.6 is 11.6 Å². The van der Waals surface area contributed by atoms with E-state index in [1.807, 2.05) is 17.7 Å². The van der Waals surface area contributed by atoms with Gasteiger partial charge in [0, 0.05) is 38.5 Å². The third-order valence-electron chi connectivity index (χ3n) is 5.45. The van der Waals surface area contributed by atoms with Crippen LogP contribution in [-0.2, 0) is 17.8 Å². The molecule has 1 fully saturated rings. The number of halogens is 1. The Bertz CT molecular complexity index is 1080. The number of rotatable bonds is 7. The summed E-state index contributed by atoms with van der Waals surface area (Å²) in [6.07, 6.45) is 5.16. The molecule has 1 aliphatic rings. The Morgan fingerprint density at radius 3 is 2.84 bits per heavy atom. The average Bonchev–Trinajstić information content (AvgIpc) is 3.22. The molecule has 3 heterocycles. The van der Waals surface area contributed by atoms with Gasteiger partial charge >= 0.3 is 0 Å². The summed E-state index contributed by atoms with van der Waals surface area (Å²) in [6.45, 7) is 4.47. The molecule has 8 nitrogen and oxygen atoms in total. The van der Waals surface area contributed by atoms with E-state index in [4.69, 9.17) is 21.1 Å². The summed E-state index contributed by atoms with van der Waals surface area (Å²) >= 11 is 6.20. The van der Waals surface area contributed by atoms with E-state index in [9.17, 15) is 4.79 Å². The lowest BCUT2D eigenvalue weighted by atomic mass is 10.1. The second kappa shape index (κ2) is 9.53. The van der Waals surface area contributed by atoms with Crippen molar-refractivity contribution in [2.24, 2.45) is 0 Å². The summed E-state index contributed by atoms with van der Waals surface area (Å²) in [6, 6.07) is 5.68. The molecule has 0 atom stereocenters. The lowest BCUT2D eigenvalue weighted by Crippen LogP contribution is -2.30. The second-order valence-corrected chi connectivity index (χ2v) is 7.83. The molecule has 1 amide bonds. The monoisotopic (exact) mass is 443 g/mol. The van der Waals surface area contributed by atoms with Crippen molar-refractivity contribution in [3.8, 4) is 5.75 Å². The quantitative estimate of drug-likeness (QED) is 0.579. The van der Waals surface area contributed by atoms with Crippen LogP contribution in [0.15, 0.2) is 30.6 Å². The van der Waals surface area contributed by atoms with Crippen molar-refractivity contribution >= 4 is 34.2 Å². The summed E-state index contributed by atoms with van der Waals surface area (Å²) in [4.78, 5) is 17.6. The minimum absolute atomic E-state index is 0.208. The number of pyridine rings is 1. The summed E-state index contributed by atoms with van der Waals surface area (Å²) < 4.78 is 12.5. The first-order valence-electron chi connectivity index (χ1n) is 10.4. The Labute approximate surface area is 185 Å². The Morgan fingerprint density at radius 2 is 2.13 bits per heavy atom. The lowest BCUT2D eigenvalue weighted by molar-refractivity contribution is 0.0904. The predicted molar refractivity (Wildman–Crippen MR) is 120 cm³/mol. The molecule has 0 saturated carbocycles. The standard InChI is InChI=1S/C22H26ClN5O3/c1-3-28-21-16(13-26-28)20(27-15-6-8-31-9-7-15)17(12-24-21)22(29)25-11-14-4-5-19(30-2)18(23)10-14/h4-5,10,12-13,15H,3,6-9,11H2,1-2H3,(H,24,27)(H,25,29). The van der Waals surface area contributed by atoms with Crippen LogP contribution in [0.1, 0.15) is 35.7 Å². The van der Waals surface area contributed by atoms with Gasteiger partial charge in [0.1, 0.15) is 5.75 Å². The highest BCUT2D eigenvalue weighted by Crippen LogP contribution is 2.29. The van der Waals surface area contributed by atoms with Gasteiger partial charge in [-0.2, -0.15) is 5.10 Å². The first kappa shape index (κ1) is 21.4. The number of hydrogen-bond acceptors (Lipinski definition) is 6. The molecule has 0 spiro atoms. The molecule has 2 aromatic heterocycles. The predicted octanol–water partition coefficient (Wildman–Crippen LogP) is 3.63. The van der Waals surface area contributed by atoms with Crippen LogP contribution in [0.5, 0.6) is 5.75 Å². The molecule has 0 unspecified atom stereocenters. The number of carbonyl (C=O) groups is 1. The molecule has 1 saturated heterocycles. The van der Waals surface area contributed by atoms with Gasteiger partial charge in [0.25, 0.3) is 5.91 Å². The number of carbonyl (C=O) groups excluding carboxylic acids is 1. The number of nitrogens with one attached hydrogen (secondary N) is 2. The minimum Gasteiger partial charge on any atom is -0.495 e. The molecule has 1 aromatic carbocycles. The van der Waals surface area contributed by atoms with Gasteiger partial charge in [-0.1, -0.05) is 17.7 Å². The number of nitrogens with zero attached hydrogens (tertiary/aromatic N) is 3. The van der Waals surface area contributed by atoms with Crippen molar-refractivity contribution in [3.05, 3.63) is 46.7 Å². The third-order valence-corrected chi connectivity index (χ3v) is 5.74. The second-order valence-electron chi connectivity index (χ2n) is 7.43. The zero-order chi connectivity index (χ0) is 21.8. The minimum atomic E-state index is -0.208. The zero-order valence-electron chi connectivity index (χ0n) is 17.7. The van der Waals surface area contributed by atoms with E-state index in [1.165, 1.54) is 0 Å². The molecule has 0 radical (unpaired) electrons. The van der Waals surface area contributed by atoms with Crippen molar-refractivity contribution < 1.29 is 14.3 Å². The molecule has 164 valence electrons. The first-order chi connectivity index (χ1) is 15.1. The van der Waals surface area contributed by atoms with E-state index in [-0.39, 0.29) is 11.9 Å². The van der Waals surface area contributed by atoms with E-state index >= 15 is 0 Å². The van der Waals surface area contributed by atoms with Crippen LogP contribution in [0.2, 0.25) is 5.02 Å². The van der Waals surface area contributed by atoms with Crippen molar-refractivity contribution in [1.29, 1.82) is 0 Å². The van der Waals surface area contributed by atoms with Gasteiger partial charge in [-0.3, -0.25) is 4.79 Å². The Kier molecular flexibility index (Phi) is 6.58. The molecule has 1 aliphatic heterocycles. The molecule has 31 heavy (non-hydrogen) atoms. The van der Waals surface area contributed by atoms with E-state index in [1.54, 1.807) is 31.6 Å². The summed E-state index contributed by atoms with van der Waals surface area (Å²) in [7, 11) is 1.57. The van der Waals surface area contributed by atoms with Gasteiger partial charge in [0.2, 0.25) is 0 Å². The van der Waals surface area contributed by atoms with Crippen molar-refractivity contribution in [3.63, 3.8) is 0 Å². The number of anilines is 1. The van der Waals surface area contributed by atoms with Gasteiger partial charge in [-0.15, -0.1) is 0 Å². The fraction of sp³-hybridized carbons (Fsp3) is 0.409. The highest BCUT2D eigenvalue weighted by molar-refractivity contribution is 6.32. The third kappa shape index (κ3) is 4.60. The number of aryl methyl sites for hydroxylation is 1. The Balaban J connectivity index is 1.59. The number of benzene rings is 1. The maximum Gasteiger partial charge on any atom is 0.255 e. The summed E-state index contributed by atoms with van der Waals surface area (Å²) in [5.41, 5.74) is 2.90. The average molecular weight is 444 g/mol. The highest BCUT2D eigenvalue weighted by atomic mass is 35.5. The van der Waals surface area contributed by atoms with Crippen molar-refractivity contribution in [2.45, 2.75) is 38.9 Å². The van der Waals surface area contributed by atoms with Gasteiger partial charge in [-0.25, -0.2) is 9.67 Å². The number of methoxy groups -OCH3 is 1. The summed E-state index contributed by atoms with van der Waals surface area (Å²) in [5, 5.41) is 12.3. The van der Waals surface area contributed by atoms with Crippen LogP contribution < -0.4 is 15.4 Å². The maximum atomic E-state index is 13.1. The van der Waals surface area contributed by atoms with Gasteiger partial charge in [0.05, 0.1) is 35.0 Å². The first-order valence-corrected chi connectivity index (χ1v) is 10.8. The van der Waals surface area contributed by atoms with Gasteiger partial charge in [-0.05, 0) is 37.5 Å². The van der Waals surface area contributed by atoms with Crippen LogP contribution in [0.3, 0.4) is 0 Å². The number of hydrogen-bond donors (Lipinski definition) is 2. The molecule has 0 aliphatic carbocycles. The Morgan fingerprint density at radius 1 is 1.32 bits per heavy atom. The molecule has 0 bridgehead atoms. The van der Waals surface area contributed by atoms with Gasteiger partial charge in [0.15, 0.2) is 5.65 Å². The van der Waals surface area contributed by atoms with Gasteiger partial charge < -0.3 is 20.1 Å². The normalized spacial score (nSPS) is 14.5. The number of fused-ring (bicyclic) bond motifs is 1. The smallest absolute Gasteiger partial charge is 0.255 e. The van der Waals surface area contributed by atoms with Crippen molar-refractivity contribution in [2.75, 3.05) is 25.6 Å². The molecular formula is C22H26ClN5O3. The maximum absolute atomic E-state index is 13.1. The van der Waals surface area contributed by atoms with Crippen LogP contribution in [0, 0.1) is 0 Å². The number of aromatic nitrogens is 3. The van der Waals surface area contributed by atoms with Crippen LogP contribution in [0.25, 0.3) is 11.0 Å². The van der Waals surface area contributed by atoms with Crippen molar-refractivity contribution in [1.82, 2.24) is 20.1 Å². The molecule has 3 aromatic rings. The molecular weight excluding hydrogens is 418 g/mol. The fourth-order valence-corrected chi connectivity index (χ4v) is 4.01.